The Hall–Kier alpha value is -1.55. The first-order valence-electron chi connectivity index (χ1n) is 4.50. The van der Waals surface area contributed by atoms with E-state index in [9.17, 15) is 9.90 Å². The van der Waals surface area contributed by atoms with Crippen LogP contribution in [-0.2, 0) is 17.8 Å². The normalized spacial score (nSPS) is 20.1. The highest BCUT2D eigenvalue weighted by atomic mass is 16.3. The molecule has 74 valence electrons. The molecule has 1 aliphatic heterocycles. The van der Waals surface area contributed by atoms with Crippen LogP contribution in [0.2, 0.25) is 0 Å². The number of benzene rings is 1. The van der Waals surface area contributed by atoms with Gasteiger partial charge in [0, 0.05) is 6.54 Å². The van der Waals surface area contributed by atoms with Gasteiger partial charge in [0.1, 0.15) is 5.75 Å². The lowest BCUT2D eigenvalue weighted by molar-refractivity contribution is -0.120. The maximum absolute atomic E-state index is 10.9. The minimum Gasteiger partial charge on any atom is -0.508 e. The number of rotatable bonds is 1. The summed E-state index contributed by atoms with van der Waals surface area (Å²) in [5.41, 5.74) is 7.31. The lowest BCUT2D eigenvalue weighted by Gasteiger charge is -2.23. The van der Waals surface area contributed by atoms with Gasteiger partial charge in [0.15, 0.2) is 0 Å². The number of carbonyl (C=O) groups is 1. The predicted octanol–water partition coefficient (Wildman–Crippen LogP) is -0.108. The number of hydrogen-bond acceptors (Lipinski definition) is 3. The zero-order chi connectivity index (χ0) is 10.1. The molecule has 1 amide bonds. The Morgan fingerprint density at radius 1 is 1.50 bits per heavy atom. The van der Waals surface area contributed by atoms with E-state index in [1.807, 2.05) is 6.07 Å². The molecule has 0 fully saturated rings. The lowest BCUT2D eigenvalue weighted by atomic mass is 9.95. The van der Waals surface area contributed by atoms with Gasteiger partial charge in [0.25, 0.3) is 0 Å². The van der Waals surface area contributed by atoms with Gasteiger partial charge in [0.2, 0.25) is 5.91 Å². The number of nitrogens with two attached hydrogens (primary N) is 1. The Labute approximate surface area is 81.7 Å². The number of fused-ring (bicyclic) bond motifs is 1. The van der Waals surface area contributed by atoms with Crippen LogP contribution in [0.15, 0.2) is 18.2 Å². The topological polar surface area (TPSA) is 75.4 Å². The Bertz CT molecular complexity index is 376. The quantitative estimate of drug-likeness (QED) is 0.581. The molecular formula is C10H12N2O2. The molecule has 1 atom stereocenters. The molecule has 1 heterocycles. The van der Waals surface area contributed by atoms with Gasteiger partial charge in [-0.25, -0.2) is 0 Å². The van der Waals surface area contributed by atoms with Crippen molar-refractivity contribution in [3.63, 3.8) is 0 Å². The van der Waals surface area contributed by atoms with Gasteiger partial charge in [-0.2, -0.15) is 0 Å². The largest absolute Gasteiger partial charge is 0.508 e. The van der Waals surface area contributed by atoms with Crippen LogP contribution in [0, 0.1) is 0 Å². The summed E-state index contributed by atoms with van der Waals surface area (Å²) in [4.78, 5) is 10.9. The molecule has 4 heteroatoms. The van der Waals surface area contributed by atoms with Crippen molar-refractivity contribution in [2.75, 3.05) is 0 Å². The minimum absolute atomic E-state index is 0.253. The van der Waals surface area contributed by atoms with E-state index in [0.717, 1.165) is 11.1 Å². The van der Waals surface area contributed by atoms with Crippen molar-refractivity contribution in [2.24, 2.45) is 5.73 Å². The summed E-state index contributed by atoms with van der Waals surface area (Å²) in [5, 5.41) is 12.3. The summed E-state index contributed by atoms with van der Waals surface area (Å²) in [7, 11) is 0. The summed E-state index contributed by atoms with van der Waals surface area (Å²) in [5.74, 6) is -0.0770. The fraction of sp³-hybridized carbons (Fsp3) is 0.300. The monoisotopic (exact) mass is 192 g/mol. The summed E-state index contributed by atoms with van der Waals surface area (Å²) in [6.45, 7) is 0.581. The van der Waals surface area contributed by atoms with E-state index in [-0.39, 0.29) is 17.7 Å². The Balaban J connectivity index is 2.27. The van der Waals surface area contributed by atoms with Crippen molar-refractivity contribution < 1.29 is 9.90 Å². The molecule has 0 aromatic heterocycles. The number of phenolic OH excluding ortho intramolecular Hbond substituents is 1. The van der Waals surface area contributed by atoms with Crippen molar-refractivity contribution >= 4 is 5.91 Å². The van der Waals surface area contributed by atoms with Gasteiger partial charge in [-0.3, -0.25) is 4.79 Å². The van der Waals surface area contributed by atoms with E-state index in [1.165, 1.54) is 0 Å². The fourth-order valence-electron chi connectivity index (χ4n) is 1.70. The van der Waals surface area contributed by atoms with Crippen molar-refractivity contribution in [1.82, 2.24) is 5.32 Å². The molecule has 1 aliphatic rings. The highest BCUT2D eigenvalue weighted by Gasteiger charge is 2.21. The second kappa shape index (κ2) is 3.31. The Kier molecular flexibility index (Phi) is 2.13. The van der Waals surface area contributed by atoms with E-state index in [1.54, 1.807) is 12.1 Å². The Morgan fingerprint density at radius 3 is 3.00 bits per heavy atom. The zero-order valence-electron chi connectivity index (χ0n) is 7.66. The molecule has 4 nitrogen and oxygen atoms in total. The number of primary amides is 1. The summed E-state index contributed by atoms with van der Waals surface area (Å²) in [6, 6.07) is 4.88. The Morgan fingerprint density at radius 2 is 2.29 bits per heavy atom. The van der Waals surface area contributed by atoms with Crippen molar-refractivity contribution in [3.05, 3.63) is 29.3 Å². The second-order valence-corrected chi connectivity index (χ2v) is 3.49. The minimum atomic E-state index is -0.330. The average molecular weight is 192 g/mol. The summed E-state index contributed by atoms with van der Waals surface area (Å²) >= 11 is 0. The number of hydrogen-bond donors (Lipinski definition) is 3. The highest BCUT2D eigenvalue weighted by Crippen LogP contribution is 2.21. The van der Waals surface area contributed by atoms with Crippen LogP contribution < -0.4 is 11.1 Å². The number of aromatic hydroxyl groups is 1. The molecule has 1 aromatic carbocycles. The SMILES string of the molecule is NC(=O)[C@@H]1Cc2ccc(O)cc2CN1. The number of phenols is 1. The first-order chi connectivity index (χ1) is 6.66. The van der Waals surface area contributed by atoms with Gasteiger partial charge in [-0.1, -0.05) is 6.07 Å². The van der Waals surface area contributed by atoms with E-state index in [4.69, 9.17) is 5.73 Å². The van der Waals surface area contributed by atoms with Gasteiger partial charge in [-0.05, 0) is 29.7 Å². The van der Waals surface area contributed by atoms with Crippen LogP contribution in [-0.4, -0.2) is 17.1 Å². The lowest BCUT2D eigenvalue weighted by Crippen LogP contribution is -2.45. The molecule has 0 unspecified atom stereocenters. The van der Waals surface area contributed by atoms with E-state index >= 15 is 0 Å². The fourth-order valence-corrected chi connectivity index (χ4v) is 1.70. The van der Waals surface area contributed by atoms with Crippen LogP contribution in [0.3, 0.4) is 0 Å². The molecule has 0 saturated carbocycles. The first-order valence-corrected chi connectivity index (χ1v) is 4.50. The van der Waals surface area contributed by atoms with Gasteiger partial charge in [0.05, 0.1) is 6.04 Å². The smallest absolute Gasteiger partial charge is 0.234 e. The van der Waals surface area contributed by atoms with Gasteiger partial charge >= 0.3 is 0 Å². The summed E-state index contributed by atoms with van der Waals surface area (Å²) in [6.07, 6.45) is 0.602. The molecule has 4 N–H and O–H groups in total. The first kappa shape index (κ1) is 9.02. The molecule has 14 heavy (non-hydrogen) atoms. The number of nitrogens with one attached hydrogen (secondary N) is 1. The van der Waals surface area contributed by atoms with Crippen LogP contribution in [0.1, 0.15) is 11.1 Å². The molecule has 0 aliphatic carbocycles. The van der Waals surface area contributed by atoms with Crippen molar-refractivity contribution in [2.45, 2.75) is 19.0 Å². The second-order valence-electron chi connectivity index (χ2n) is 3.49. The molecule has 0 bridgehead atoms. The maximum Gasteiger partial charge on any atom is 0.234 e. The van der Waals surface area contributed by atoms with E-state index < -0.39 is 0 Å². The summed E-state index contributed by atoms with van der Waals surface area (Å²) < 4.78 is 0. The molecule has 0 spiro atoms. The van der Waals surface area contributed by atoms with Gasteiger partial charge in [-0.15, -0.1) is 0 Å². The number of carbonyl (C=O) groups excluding carboxylic acids is 1. The van der Waals surface area contributed by atoms with Gasteiger partial charge < -0.3 is 16.2 Å². The number of amides is 1. The van der Waals surface area contributed by atoms with Crippen molar-refractivity contribution in [1.29, 1.82) is 0 Å². The standard InChI is InChI=1S/C10H12N2O2/c11-10(14)9-4-6-1-2-8(13)3-7(6)5-12-9/h1-3,9,12-13H,4-5H2,(H2,11,14)/t9-/m0/s1. The molecule has 2 rings (SSSR count). The highest BCUT2D eigenvalue weighted by molar-refractivity contribution is 5.80. The molecular weight excluding hydrogens is 180 g/mol. The zero-order valence-corrected chi connectivity index (χ0v) is 7.66. The van der Waals surface area contributed by atoms with E-state index in [0.29, 0.717) is 13.0 Å². The molecule has 0 saturated heterocycles. The van der Waals surface area contributed by atoms with Crippen LogP contribution >= 0.6 is 0 Å². The third-order valence-corrected chi connectivity index (χ3v) is 2.50. The predicted molar refractivity (Wildman–Crippen MR) is 51.6 cm³/mol. The molecule has 1 aromatic rings. The van der Waals surface area contributed by atoms with Crippen LogP contribution in [0.4, 0.5) is 0 Å². The van der Waals surface area contributed by atoms with Crippen LogP contribution in [0.25, 0.3) is 0 Å². The molecule has 0 radical (unpaired) electrons. The van der Waals surface area contributed by atoms with E-state index in [2.05, 4.69) is 5.32 Å². The average Bonchev–Trinajstić information content (AvgIpc) is 2.16. The maximum atomic E-state index is 10.9. The third-order valence-electron chi connectivity index (χ3n) is 2.50. The van der Waals surface area contributed by atoms with Crippen LogP contribution in [0.5, 0.6) is 5.75 Å². The third kappa shape index (κ3) is 1.56. The van der Waals surface area contributed by atoms with Crippen molar-refractivity contribution in [3.8, 4) is 5.75 Å².